The van der Waals surface area contributed by atoms with E-state index >= 15 is 0 Å². The van der Waals surface area contributed by atoms with Gasteiger partial charge in [-0.25, -0.2) is 0 Å². The molecule has 0 aromatic heterocycles. The lowest BCUT2D eigenvalue weighted by Crippen LogP contribution is -2.04. The molecule has 0 aliphatic heterocycles. The third-order valence-corrected chi connectivity index (χ3v) is 3.38. The minimum atomic E-state index is 0.651. The third kappa shape index (κ3) is 4.88. The van der Waals surface area contributed by atoms with E-state index in [0.29, 0.717) is 6.61 Å². The Hall–Kier alpha value is -1.84. The minimum Gasteiger partial charge on any atom is -0.384 e. The van der Waals surface area contributed by atoms with Crippen LogP contribution in [-0.2, 0) is 29.0 Å². The number of para-hydroxylation sites is 1. The summed E-state index contributed by atoms with van der Waals surface area (Å²) in [5.41, 5.74) is 4.91. The van der Waals surface area contributed by atoms with Crippen LogP contribution in [0.15, 0.2) is 48.5 Å². The van der Waals surface area contributed by atoms with Gasteiger partial charge in [0.25, 0.3) is 0 Å². The summed E-state index contributed by atoms with van der Waals surface area (Å²) in [5, 5.41) is 3.51. The fourth-order valence-electron chi connectivity index (χ4n) is 2.32. The first kappa shape index (κ1) is 15.5. The average molecular weight is 285 g/mol. The summed E-state index contributed by atoms with van der Waals surface area (Å²) in [7, 11) is 3.45. The molecule has 0 saturated heterocycles. The van der Waals surface area contributed by atoms with Crippen LogP contribution < -0.4 is 5.32 Å². The van der Waals surface area contributed by atoms with Gasteiger partial charge in [0, 0.05) is 26.5 Å². The molecule has 0 saturated carbocycles. The fourth-order valence-corrected chi connectivity index (χ4v) is 2.32. The Balaban J connectivity index is 2.00. The maximum Gasteiger partial charge on any atom is 0.0713 e. The Kier molecular flexibility index (Phi) is 6.25. The van der Waals surface area contributed by atoms with E-state index in [0.717, 1.165) is 19.6 Å². The molecule has 0 spiro atoms. The molecule has 0 unspecified atom stereocenters. The summed E-state index contributed by atoms with van der Waals surface area (Å²) in [6.07, 6.45) is 0.920. The maximum atomic E-state index is 5.17. The summed E-state index contributed by atoms with van der Waals surface area (Å²) in [4.78, 5) is 0. The second-order valence-electron chi connectivity index (χ2n) is 5.01. The van der Waals surface area contributed by atoms with Crippen molar-refractivity contribution >= 4 is 5.69 Å². The van der Waals surface area contributed by atoms with Crippen molar-refractivity contribution in [1.82, 2.24) is 0 Å². The summed E-state index contributed by atoms with van der Waals surface area (Å²) in [6, 6.07) is 16.8. The lowest BCUT2D eigenvalue weighted by Gasteiger charge is -2.12. The van der Waals surface area contributed by atoms with E-state index in [1.807, 2.05) is 0 Å². The molecular formula is C18H23NO2. The standard InChI is InChI=1S/C18H23NO2/c1-20-11-10-17-8-3-4-9-18(17)19-13-15-6-5-7-16(12-15)14-21-2/h3-9,12,19H,10-11,13-14H2,1-2H3. The van der Waals surface area contributed by atoms with Gasteiger partial charge in [-0.15, -0.1) is 0 Å². The minimum absolute atomic E-state index is 0.651. The van der Waals surface area contributed by atoms with Gasteiger partial charge in [-0.3, -0.25) is 0 Å². The quantitative estimate of drug-likeness (QED) is 0.803. The Bertz CT molecular complexity index is 554. The van der Waals surface area contributed by atoms with Crippen molar-refractivity contribution in [2.24, 2.45) is 0 Å². The molecule has 0 fully saturated rings. The molecule has 0 bridgehead atoms. The number of ether oxygens (including phenoxy) is 2. The number of nitrogens with one attached hydrogen (secondary N) is 1. The van der Waals surface area contributed by atoms with E-state index < -0.39 is 0 Å². The van der Waals surface area contributed by atoms with E-state index in [1.165, 1.54) is 22.4 Å². The molecule has 0 aliphatic carbocycles. The molecular weight excluding hydrogens is 262 g/mol. The zero-order valence-corrected chi connectivity index (χ0v) is 12.8. The van der Waals surface area contributed by atoms with Crippen LogP contribution in [0.2, 0.25) is 0 Å². The van der Waals surface area contributed by atoms with E-state index in [2.05, 4.69) is 53.8 Å². The van der Waals surface area contributed by atoms with Crippen LogP contribution in [0.3, 0.4) is 0 Å². The zero-order valence-electron chi connectivity index (χ0n) is 12.8. The Morgan fingerprint density at radius 3 is 2.52 bits per heavy atom. The van der Waals surface area contributed by atoms with Gasteiger partial charge in [-0.1, -0.05) is 42.5 Å². The summed E-state index contributed by atoms with van der Waals surface area (Å²) < 4.78 is 10.3. The highest BCUT2D eigenvalue weighted by atomic mass is 16.5. The molecule has 0 atom stereocenters. The average Bonchev–Trinajstić information content (AvgIpc) is 2.52. The smallest absolute Gasteiger partial charge is 0.0713 e. The van der Waals surface area contributed by atoms with Gasteiger partial charge < -0.3 is 14.8 Å². The summed E-state index contributed by atoms with van der Waals surface area (Å²) in [5.74, 6) is 0. The SMILES string of the molecule is COCCc1ccccc1NCc1cccc(COC)c1. The molecule has 2 aromatic carbocycles. The summed E-state index contributed by atoms with van der Waals surface area (Å²) >= 11 is 0. The van der Waals surface area contributed by atoms with Crippen LogP contribution in [0.5, 0.6) is 0 Å². The van der Waals surface area contributed by atoms with Gasteiger partial charge in [0.05, 0.1) is 13.2 Å². The Morgan fingerprint density at radius 2 is 1.71 bits per heavy atom. The third-order valence-electron chi connectivity index (χ3n) is 3.38. The van der Waals surface area contributed by atoms with E-state index in [9.17, 15) is 0 Å². The van der Waals surface area contributed by atoms with Crippen molar-refractivity contribution in [3.05, 3.63) is 65.2 Å². The predicted octanol–water partition coefficient (Wildman–Crippen LogP) is 3.63. The van der Waals surface area contributed by atoms with Crippen molar-refractivity contribution in [3.8, 4) is 0 Å². The molecule has 21 heavy (non-hydrogen) atoms. The maximum absolute atomic E-state index is 5.17. The number of benzene rings is 2. The number of anilines is 1. The van der Waals surface area contributed by atoms with E-state index in [1.54, 1.807) is 14.2 Å². The number of hydrogen-bond donors (Lipinski definition) is 1. The second-order valence-corrected chi connectivity index (χ2v) is 5.01. The van der Waals surface area contributed by atoms with Crippen LogP contribution in [0.4, 0.5) is 5.69 Å². The van der Waals surface area contributed by atoms with Gasteiger partial charge in [0.2, 0.25) is 0 Å². The fraction of sp³-hybridized carbons (Fsp3) is 0.333. The molecule has 3 nitrogen and oxygen atoms in total. The Labute approximate surface area is 126 Å². The molecule has 2 rings (SSSR count). The van der Waals surface area contributed by atoms with E-state index in [4.69, 9.17) is 9.47 Å². The number of methoxy groups -OCH3 is 2. The molecule has 2 aromatic rings. The molecule has 3 heteroatoms. The van der Waals surface area contributed by atoms with Crippen LogP contribution in [0, 0.1) is 0 Å². The first-order valence-electron chi connectivity index (χ1n) is 7.21. The summed E-state index contributed by atoms with van der Waals surface area (Å²) in [6.45, 7) is 2.20. The Morgan fingerprint density at radius 1 is 0.905 bits per heavy atom. The molecule has 0 heterocycles. The van der Waals surface area contributed by atoms with Crippen molar-refractivity contribution in [3.63, 3.8) is 0 Å². The van der Waals surface area contributed by atoms with Crippen LogP contribution in [-0.4, -0.2) is 20.8 Å². The molecule has 0 radical (unpaired) electrons. The zero-order chi connectivity index (χ0) is 14.9. The van der Waals surface area contributed by atoms with Gasteiger partial charge in [0.1, 0.15) is 0 Å². The van der Waals surface area contributed by atoms with Gasteiger partial charge in [0.15, 0.2) is 0 Å². The van der Waals surface area contributed by atoms with Crippen molar-refractivity contribution in [1.29, 1.82) is 0 Å². The lowest BCUT2D eigenvalue weighted by atomic mass is 10.1. The van der Waals surface area contributed by atoms with Crippen molar-refractivity contribution < 1.29 is 9.47 Å². The first-order valence-corrected chi connectivity index (χ1v) is 7.21. The first-order chi connectivity index (χ1) is 10.3. The van der Waals surface area contributed by atoms with Gasteiger partial charge in [-0.05, 0) is 29.2 Å². The second kappa shape index (κ2) is 8.45. The van der Waals surface area contributed by atoms with Crippen LogP contribution in [0.1, 0.15) is 16.7 Å². The predicted molar refractivity (Wildman–Crippen MR) is 86.5 cm³/mol. The number of rotatable bonds is 8. The monoisotopic (exact) mass is 285 g/mol. The highest BCUT2D eigenvalue weighted by molar-refractivity contribution is 5.51. The topological polar surface area (TPSA) is 30.5 Å². The largest absolute Gasteiger partial charge is 0.384 e. The van der Waals surface area contributed by atoms with Crippen LogP contribution in [0.25, 0.3) is 0 Å². The van der Waals surface area contributed by atoms with Gasteiger partial charge in [-0.2, -0.15) is 0 Å². The molecule has 0 amide bonds. The van der Waals surface area contributed by atoms with Crippen molar-refractivity contribution in [2.75, 3.05) is 26.1 Å². The highest BCUT2D eigenvalue weighted by Crippen LogP contribution is 2.17. The van der Waals surface area contributed by atoms with Gasteiger partial charge >= 0.3 is 0 Å². The molecule has 112 valence electrons. The van der Waals surface area contributed by atoms with Crippen molar-refractivity contribution in [2.45, 2.75) is 19.6 Å². The lowest BCUT2D eigenvalue weighted by molar-refractivity contribution is 0.185. The normalized spacial score (nSPS) is 10.6. The number of hydrogen-bond acceptors (Lipinski definition) is 3. The molecule has 1 N–H and O–H groups in total. The highest BCUT2D eigenvalue weighted by Gasteiger charge is 2.02. The van der Waals surface area contributed by atoms with E-state index in [-0.39, 0.29) is 0 Å². The molecule has 0 aliphatic rings. The van der Waals surface area contributed by atoms with Crippen LogP contribution >= 0.6 is 0 Å².